The first-order valence-corrected chi connectivity index (χ1v) is 9.30. The van der Waals surface area contributed by atoms with E-state index in [9.17, 15) is 0 Å². The Balaban J connectivity index is 0.000000175. The smallest absolute Gasteiger partial charge is 0.0175 e. The average molecular weight is 405 g/mol. The molecular formula is C25H25Br. The van der Waals surface area contributed by atoms with E-state index in [1.165, 1.54) is 5.56 Å². The van der Waals surface area contributed by atoms with Crippen molar-refractivity contribution in [3.63, 3.8) is 0 Å². The molecular weight excluding hydrogens is 380 g/mol. The van der Waals surface area contributed by atoms with E-state index in [1.54, 1.807) is 0 Å². The summed E-state index contributed by atoms with van der Waals surface area (Å²) in [5, 5.41) is 0. The molecule has 0 aliphatic heterocycles. The van der Waals surface area contributed by atoms with E-state index in [2.05, 4.69) is 35.0 Å². The third-order valence-electron chi connectivity index (χ3n) is 3.01. The van der Waals surface area contributed by atoms with Crippen LogP contribution in [-0.2, 0) is 0 Å². The Kier molecular flexibility index (Phi) is 13.1. The van der Waals surface area contributed by atoms with Gasteiger partial charge in [0.1, 0.15) is 0 Å². The van der Waals surface area contributed by atoms with Crippen LogP contribution in [0.4, 0.5) is 0 Å². The number of halogens is 1. The lowest BCUT2D eigenvalue weighted by atomic mass is 10.2. The Hall–Kier alpha value is -2.64. The fourth-order valence-corrected chi connectivity index (χ4v) is 1.95. The van der Waals surface area contributed by atoms with Gasteiger partial charge in [-0.1, -0.05) is 143 Å². The molecule has 0 heterocycles. The summed E-state index contributed by atoms with van der Waals surface area (Å²) in [6, 6.07) is 44.2. The molecule has 0 unspecified atom stereocenters. The van der Waals surface area contributed by atoms with Gasteiger partial charge in [0.05, 0.1) is 0 Å². The van der Waals surface area contributed by atoms with Gasteiger partial charge in [-0.15, -0.1) is 0 Å². The maximum atomic E-state index is 3.35. The van der Waals surface area contributed by atoms with Crippen molar-refractivity contribution in [3.8, 4) is 0 Å². The molecule has 4 rings (SSSR count). The summed E-state index contributed by atoms with van der Waals surface area (Å²) in [5.41, 5.74) is 1.30. The summed E-state index contributed by atoms with van der Waals surface area (Å²) < 4.78 is 1.14. The van der Waals surface area contributed by atoms with E-state index in [4.69, 9.17) is 0 Å². The minimum Gasteiger partial charge on any atom is -0.0623 e. The normalized spacial score (nSPS) is 8.38. The first kappa shape index (κ1) is 21.4. The van der Waals surface area contributed by atoms with E-state index in [-0.39, 0.29) is 0 Å². The van der Waals surface area contributed by atoms with Crippen molar-refractivity contribution < 1.29 is 0 Å². The topological polar surface area (TPSA) is 0 Å². The molecule has 132 valence electrons. The van der Waals surface area contributed by atoms with Crippen LogP contribution in [0.1, 0.15) is 5.56 Å². The lowest BCUT2D eigenvalue weighted by molar-refractivity contribution is 1.46. The first-order valence-electron chi connectivity index (χ1n) is 8.51. The molecule has 0 nitrogen and oxygen atoms in total. The number of benzene rings is 4. The van der Waals surface area contributed by atoms with Crippen molar-refractivity contribution in [2.75, 3.05) is 0 Å². The van der Waals surface area contributed by atoms with Crippen molar-refractivity contribution in [2.45, 2.75) is 6.92 Å². The molecule has 0 aromatic heterocycles. The van der Waals surface area contributed by atoms with Gasteiger partial charge in [-0.05, 0) is 19.1 Å². The van der Waals surface area contributed by atoms with Crippen LogP contribution in [-0.4, -0.2) is 0 Å². The van der Waals surface area contributed by atoms with Crippen molar-refractivity contribution in [1.82, 2.24) is 0 Å². The van der Waals surface area contributed by atoms with E-state index in [0.717, 1.165) is 4.47 Å². The van der Waals surface area contributed by atoms with Crippen LogP contribution < -0.4 is 0 Å². The minimum atomic E-state index is 1.14. The monoisotopic (exact) mass is 404 g/mol. The van der Waals surface area contributed by atoms with Gasteiger partial charge in [-0.3, -0.25) is 0 Å². The number of rotatable bonds is 0. The number of hydrogen-bond acceptors (Lipinski definition) is 0. The van der Waals surface area contributed by atoms with Gasteiger partial charge < -0.3 is 0 Å². The van der Waals surface area contributed by atoms with Gasteiger partial charge >= 0.3 is 0 Å². The molecule has 0 radical (unpaired) electrons. The fraction of sp³-hybridized carbons (Fsp3) is 0.0400. The van der Waals surface area contributed by atoms with Crippen molar-refractivity contribution in [2.24, 2.45) is 0 Å². The van der Waals surface area contributed by atoms with E-state index in [1.807, 2.05) is 121 Å². The Morgan fingerprint density at radius 3 is 0.731 bits per heavy atom. The van der Waals surface area contributed by atoms with Gasteiger partial charge in [-0.2, -0.15) is 0 Å². The molecule has 0 atom stereocenters. The largest absolute Gasteiger partial charge is 0.0623 e. The molecule has 0 aliphatic rings. The molecule has 1 heteroatoms. The Bertz CT molecular complexity index is 560. The second-order valence-corrected chi connectivity index (χ2v) is 6.18. The molecule has 0 spiro atoms. The van der Waals surface area contributed by atoms with Crippen LogP contribution in [0, 0.1) is 6.92 Å². The summed E-state index contributed by atoms with van der Waals surface area (Å²) in [5.74, 6) is 0. The second kappa shape index (κ2) is 15.9. The molecule has 0 aliphatic carbocycles. The predicted octanol–water partition coefficient (Wildman–Crippen LogP) is 7.82. The number of hydrogen-bond donors (Lipinski definition) is 0. The molecule has 0 amide bonds. The van der Waals surface area contributed by atoms with Crippen molar-refractivity contribution >= 4 is 15.9 Å². The third kappa shape index (κ3) is 13.8. The Morgan fingerprint density at radius 2 is 0.577 bits per heavy atom. The molecule has 0 bridgehead atoms. The molecule has 4 aromatic rings. The lowest BCUT2D eigenvalue weighted by Crippen LogP contribution is -1.66. The Labute approximate surface area is 166 Å². The molecule has 4 aromatic carbocycles. The highest BCUT2D eigenvalue weighted by Gasteiger charge is 1.81. The average Bonchev–Trinajstić information content (AvgIpc) is 2.75. The minimum absolute atomic E-state index is 1.14. The predicted molar refractivity (Wildman–Crippen MR) is 118 cm³/mol. The van der Waals surface area contributed by atoms with Crippen molar-refractivity contribution in [3.05, 3.63) is 143 Å². The van der Waals surface area contributed by atoms with E-state index < -0.39 is 0 Å². The molecule has 0 fully saturated rings. The maximum Gasteiger partial charge on any atom is 0.0175 e. The van der Waals surface area contributed by atoms with Crippen LogP contribution in [0.25, 0.3) is 0 Å². The molecule has 0 saturated heterocycles. The molecule has 26 heavy (non-hydrogen) atoms. The van der Waals surface area contributed by atoms with Gasteiger partial charge in [0, 0.05) is 4.47 Å². The summed E-state index contributed by atoms with van der Waals surface area (Å²) in [7, 11) is 0. The van der Waals surface area contributed by atoms with Crippen LogP contribution in [0.3, 0.4) is 0 Å². The molecule has 0 saturated carbocycles. The summed E-state index contributed by atoms with van der Waals surface area (Å²) in [6.45, 7) is 2.08. The summed E-state index contributed by atoms with van der Waals surface area (Å²) in [4.78, 5) is 0. The van der Waals surface area contributed by atoms with Gasteiger partial charge in [0.15, 0.2) is 0 Å². The highest BCUT2D eigenvalue weighted by molar-refractivity contribution is 9.10. The summed E-state index contributed by atoms with van der Waals surface area (Å²) >= 11 is 3.35. The highest BCUT2D eigenvalue weighted by Crippen LogP contribution is 2.08. The van der Waals surface area contributed by atoms with Gasteiger partial charge in [-0.25, -0.2) is 0 Å². The zero-order chi connectivity index (χ0) is 18.7. The SMILES string of the molecule is Cc1ccc(Br)cc1.c1ccccc1.c1ccccc1.c1ccccc1. The quantitative estimate of drug-likeness (QED) is 0.280. The van der Waals surface area contributed by atoms with Crippen LogP contribution in [0.15, 0.2) is 138 Å². The first-order chi connectivity index (χ1) is 12.8. The maximum absolute atomic E-state index is 3.35. The van der Waals surface area contributed by atoms with E-state index in [0.29, 0.717) is 0 Å². The summed E-state index contributed by atoms with van der Waals surface area (Å²) in [6.07, 6.45) is 0. The lowest BCUT2D eigenvalue weighted by Gasteiger charge is -1.88. The fourth-order valence-electron chi connectivity index (χ4n) is 1.69. The van der Waals surface area contributed by atoms with Crippen LogP contribution in [0.5, 0.6) is 0 Å². The van der Waals surface area contributed by atoms with Crippen molar-refractivity contribution in [1.29, 1.82) is 0 Å². The second-order valence-electron chi connectivity index (χ2n) is 5.26. The van der Waals surface area contributed by atoms with Crippen LogP contribution >= 0.6 is 15.9 Å². The molecule has 0 N–H and O–H groups in total. The zero-order valence-corrected chi connectivity index (χ0v) is 16.7. The van der Waals surface area contributed by atoms with Gasteiger partial charge in [0.25, 0.3) is 0 Å². The number of aryl methyl sites for hydroxylation is 1. The standard InChI is InChI=1S/C7H7Br.3C6H6/c1-6-2-4-7(8)5-3-6;3*1-2-4-6-5-3-1/h2-5H,1H3;3*1-6H. The van der Waals surface area contributed by atoms with Gasteiger partial charge in [0.2, 0.25) is 0 Å². The van der Waals surface area contributed by atoms with Crippen LogP contribution in [0.2, 0.25) is 0 Å². The Morgan fingerprint density at radius 1 is 0.385 bits per heavy atom. The zero-order valence-electron chi connectivity index (χ0n) is 15.1. The van der Waals surface area contributed by atoms with E-state index >= 15 is 0 Å². The highest BCUT2D eigenvalue weighted by atomic mass is 79.9. The third-order valence-corrected chi connectivity index (χ3v) is 3.54.